The van der Waals surface area contributed by atoms with Crippen LogP contribution in [0.2, 0.25) is 0 Å². The van der Waals surface area contributed by atoms with Crippen molar-refractivity contribution in [2.75, 3.05) is 39.3 Å². The number of sulfonamides is 1. The van der Waals surface area contributed by atoms with Gasteiger partial charge in [0.25, 0.3) is 5.91 Å². The number of piperazine rings is 1. The lowest BCUT2D eigenvalue weighted by Gasteiger charge is -2.34. The van der Waals surface area contributed by atoms with Crippen molar-refractivity contribution in [1.29, 1.82) is 0 Å². The molecule has 1 aliphatic rings. The molecule has 0 spiro atoms. The zero-order valence-corrected chi connectivity index (χ0v) is 17.9. The van der Waals surface area contributed by atoms with Crippen molar-refractivity contribution >= 4 is 15.9 Å². The van der Waals surface area contributed by atoms with E-state index in [1.807, 2.05) is 0 Å². The molecule has 1 fully saturated rings. The molecule has 29 heavy (non-hydrogen) atoms. The van der Waals surface area contributed by atoms with Crippen molar-refractivity contribution in [1.82, 2.24) is 24.3 Å². The van der Waals surface area contributed by atoms with E-state index in [-0.39, 0.29) is 10.8 Å². The number of benzene rings is 1. The number of aromatic nitrogens is 2. The van der Waals surface area contributed by atoms with Crippen molar-refractivity contribution in [3.05, 3.63) is 41.6 Å². The molecule has 0 radical (unpaired) electrons. The second kappa shape index (κ2) is 9.02. The van der Waals surface area contributed by atoms with Gasteiger partial charge < -0.3 is 9.32 Å². The second-order valence-electron chi connectivity index (χ2n) is 6.90. The van der Waals surface area contributed by atoms with Crippen LogP contribution >= 0.6 is 0 Å². The molecule has 0 saturated carbocycles. The van der Waals surface area contributed by atoms with Gasteiger partial charge in [-0.25, -0.2) is 8.42 Å². The van der Waals surface area contributed by atoms with E-state index in [4.69, 9.17) is 4.42 Å². The standard InChI is InChI=1S/C19H27N5O4S/c1-4-24(5-2)29(26,27)17-8-6-16(7-9-17)19(25)23-12-10-22(11-13-23)14-18-21-20-15(3)28-18/h6-9H,4-5,10-14H2,1-3H3. The van der Waals surface area contributed by atoms with E-state index < -0.39 is 10.0 Å². The highest BCUT2D eigenvalue weighted by Crippen LogP contribution is 2.18. The Balaban J connectivity index is 1.60. The highest BCUT2D eigenvalue weighted by atomic mass is 32.2. The van der Waals surface area contributed by atoms with Crippen LogP contribution in [0.3, 0.4) is 0 Å². The van der Waals surface area contributed by atoms with Crippen molar-refractivity contribution in [2.45, 2.75) is 32.2 Å². The Hall–Kier alpha value is -2.30. The maximum Gasteiger partial charge on any atom is 0.253 e. The fourth-order valence-electron chi connectivity index (χ4n) is 3.37. The molecule has 158 valence electrons. The summed E-state index contributed by atoms with van der Waals surface area (Å²) in [5.74, 6) is 1.03. The number of hydrogen-bond acceptors (Lipinski definition) is 7. The van der Waals surface area contributed by atoms with Gasteiger partial charge in [-0.1, -0.05) is 13.8 Å². The maximum absolute atomic E-state index is 12.8. The third kappa shape index (κ3) is 4.82. The Kier molecular flexibility index (Phi) is 6.66. The van der Waals surface area contributed by atoms with E-state index in [1.165, 1.54) is 16.4 Å². The molecule has 0 atom stereocenters. The lowest BCUT2D eigenvalue weighted by atomic mass is 10.2. The van der Waals surface area contributed by atoms with Crippen molar-refractivity contribution in [2.24, 2.45) is 0 Å². The molecule has 0 bridgehead atoms. The van der Waals surface area contributed by atoms with Crippen molar-refractivity contribution in [3.63, 3.8) is 0 Å². The van der Waals surface area contributed by atoms with Crippen LogP contribution in [0.4, 0.5) is 0 Å². The monoisotopic (exact) mass is 421 g/mol. The number of carbonyl (C=O) groups excluding carboxylic acids is 1. The molecular weight excluding hydrogens is 394 g/mol. The molecular formula is C19H27N5O4S. The topological polar surface area (TPSA) is 99.9 Å². The number of carbonyl (C=O) groups is 1. The summed E-state index contributed by atoms with van der Waals surface area (Å²) in [4.78, 5) is 16.9. The Morgan fingerprint density at radius 1 is 1.07 bits per heavy atom. The zero-order valence-electron chi connectivity index (χ0n) is 17.0. The summed E-state index contributed by atoms with van der Waals surface area (Å²) in [5.41, 5.74) is 0.490. The first-order valence-corrected chi connectivity index (χ1v) is 11.2. The predicted molar refractivity (Wildman–Crippen MR) is 107 cm³/mol. The van der Waals surface area contributed by atoms with Crippen LogP contribution in [0.25, 0.3) is 0 Å². The molecule has 0 unspecified atom stereocenters. The summed E-state index contributed by atoms with van der Waals surface area (Å²) in [6, 6.07) is 6.20. The molecule has 10 heteroatoms. The van der Waals surface area contributed by atoms with Gasteiger partial charge in [-0.2, -0.15) is 4.31 Å². The third-order valence-corrected chi connectivity index (χ3v) is 7.09. The van der Waals surface area contributed by atoms with Gasteiger partial charge in [0.2, 0.25) is 21.8 Å². The first-order chi connectivity index (χ1) is 13.8. The number of hydrogen-bond donors (Lipinski definition) is 0. The minimum Gasteiger partial charge on any atom is -0.424 e. The maximum atomic E-state index is 12.8. The molecule has 1 aromatic heterocycles. The second-order valence-corrected chi connectivity index (χ2v) is 8.83. The SMILES string of the molecule is CCN(CC)S(=O)(=O)c1ccc(C(=O)N2CCN(Cc3nnc(C)o3)CC2)cc1. The summed E-state index contributed by atoms with van der Waals surface area (Å²) >= 11 is 0. The van der Waals surface area contributed by atoms with Gasteiger partial charge in [-0.3, -0.25) is 9.69 Å². The van der Waals surface area contributed by atoms with Gasteiger partial charge in [-0.15, -0.1) is 10.2 Å². The Morgan fingerprint density at radius 2 is 1.69 bits per heavy atom. The summed E-state index contributed by atoms with van der Waals surface area (Å²) in [6.45, 7) is 9.35. The third-order valence-electron chi connectivity index (χ3n) is 5.03. The Morgan fingerprint density at radius 3 is 2.21 bits per heavy atom. The molecule has 2 aromatic rings. The largest absolute Gasteiger partial charge is 0.424 e. The molecule has 1 aliphatic heterocycles. The molecule has 1 aromatic carbocycles. The van der Waals surface area contributed by atoms with Crippen LogP contribution in [0.15, 0.2) is 33.6 Å². The highest BCUT2D eigenvalue weighted by molar-refractivity contribution is 7.89. The van der Waals surface area contributed by atoms with E-state index in [9.17, 15) is 13.2 Å². The van der Waals surface area contributed by atoms with E-state index in [0.717, 1.165) is 0 Å². The predicted octanol–water partition coefficient (Wildman–Crippen LogP) is 1.37. The highest BCUT2D eigenvalue weighted by Gasteiger charge is 2.25. The molecule has 9 nitrogen and oxygen atoms in total. The fourth-order valence-corrected chi connectivity index (χ4v) is 4.82. The van der Waals surface area contributed by atoms with E-state index in [1.54, 1.807) is 37.8 Å². The number of rotatable bonds is 7. The van der Waals surface area contributed by atoms with Gasteiger partial charge in [0.1, 0.15) is 0 Å². The van der Waals surface area contributed by atoms with E-state index in [0.29, 0.717) is 63.2 Å². The van der Waals surface area contributed by atoms with Crippen LogP contribution in [-0.2, 0) is 16.6 Å². The summed E-state index contributed by atoms with van der Waals surface area (Å²) in [6.07, 6.45) is 0. The van der Waals surface area contributed by atoms with Crippen LogP contribution < -0.4 is 0 Å². The van der Waals surface area contributed by atoms with Gasteiger partial charge in [0, 0.05) is 51.8 Å². The van der Waals surface area contributed by atoms with Crippen LogP contribution in [-0.4, -0.2) is 77.9 Å². The van der Waals surface area contributed by atoms with Crippen LogP contribution in [0, 0.1) is 6.92 Å². The average Bonchev–Trinajstić information content (AvgIpc) is 3.13. The molecule has 2 heterocycles. The first-order valence-electron chi connectivity index (χ1n) is 9.76. The molecule has 1 amide bonds. The Labute approximate surface area is 171 Å². The smallest absolute Gasteiger partial charge is 0.253 e. The van der Waals surface area contributed by atoms with Crippen LogP contribution in [0.1, 0.15) is 36.0 Å². The Bertz CT molecular complexity index is 930. The van der Waals surface area contributed by atoms with Gasteiger partial charge >= 0.3 is 0 Å². The van der Waals surface area contributed by atoms with Gasteiger partial charge in [-0.05, 0) is 24.3 Å². The van der Waals surface area contributed by atoms with E-state index in [2.05, 4.69) is 15.1 Å². The lowest BCUT2D eigenvalue weighted by Crippen LogP contribution is -2.48. The summed E-state index contributed by atoms with van der Waals surface area (Å²) < 4.78 is 31.9. The number of aryl methyl sites for hydroxylation is 1. The van der Waals surface area contributed by atoms with Gasteiger partial charge in [0.15, 0.2) is 0 Å². The quantitative estimate of drug-likeness (QED) is 0.665. The zero-order chi connectivity index (χ0) is 21.0. The average molecular weight is 422 g/mol. The fraction of sp³-hybridized carbons (Fsp3) is 0.526. The van der Waals surface area contributed by atoms with Gasteiger partial charge in [0.05, 0.1) is 11.4 Å². The van der Waals surface area contributed by atoms with Crippen LogP contribution in [0.5, 0.6) is 0 Å². The lowest BCUT2D eigenvalue weighted by molar-refractivity contribution is 0.0617. The van der Waals surface area contributed by atoms with Crippen molar-refractivity contribution < 1.29 is 17.6 Å². The van der Waals surface area contributed by atoms with E-state index >= 15 is 0 Å². The normalized spacial score (nSPS) is 15.8. The molecule has 0 N–H and O–H groups in total. The molecule has 0 aliphatic carbocycles. The number of amides is 1. The minimum absolute atomic E-state index is 0.0925. The summed E-state index contributed by atoms with van der Waals surface area (Å²) in [7, 11) is -3.52. The minimum atomic E-state index is -3.52. The number of nitrogens with zero attached hydrogens (tertiary/aromatic N) is 5. The van der Waals surface area contributed by atoms with Crippen molar-refractivity contribution in [3.8, 4) is 0 Å². The summed E-state index contributed by atoms with van der Waals surface area (Å²) in [5, 5.41) is 7.83. The first kappa shape index (κ1) is 21.4. The molecule has 1 saturated heterocycles. The molecule has 3 rings (SSSR count).